The second kappa shape index (κ2) is 43.5. The summed E-state index contributed by atoms with van der Waals surface area (Å²) < 4.78 is 16.4. The van der Waals surface area contributed by atoms with Gasteiger partial charge in [0.25, 0.3) is 0 Å². The number of esters is 3. The van der Waals surface area contributed by atoms with Crippen LogP contribution in [0.15, 0.2) is 122 Å². The molecule has 0 saturated carbocycles. The average Bonchev–Trinajstić information content (AvgIpc) is 3.19. The summed E-state index contributed by atoms with van der Waals surface area (Å²) in [7, 11) is 0. The summed E-state index contributed by atoms with van der Waals surface area (Å²) in [6.45, 7) is 6.17. The van der Waals surface area contributed by atoms with Crippen molar-refractivity contribution in [2.75, 3.05) is 13.2 Å². The topological polar surface area (TPSA) is 78.9 Å². The molecule has 6 nitrogen and oxygen atoms in total. The lowest BCUT2D eigenvalue weighted by Crippen LogP contribution is -2.30. The van der Waals surface area contributed by atoms with E-state index in [0.717, 1.165) is 83.5 Å². The Balaban J connectivity index is 4.53. The summed E-state index contributed by atoms with van der Waals surface area (Å²) >= 11 is 0. The van der Waals surface area contributed by atoms with Gasteiger partial charge in [0.05, 0.1) is 0 Å². The molecular weight excluding hydrogens is 697 g/mol. The van der Waals surface area contributed by atoms with Crippen molar-refractivity contribution in [3.05, 3.63) is 122 Å². The standard InChI is InChI=1S/C50H76O6/c1-4-7-10-13-16-18-20-22-23-24-25-26-27-29-30-32-34-37-40-43-49(52)55-46-47(45-54-48(51)42-39-36-15-12-9-6-3)56-50(53)44-41-38-35-33-31-28-21-19-17-14-11-8-5-2/h7-8,10-11,16-19,22-23,25-26,28-31,34-35,37-38,47H,4-6,9,12-15,20-21,24,27,32-33,36,39-46H2,1-3H3/b10-7-,11-8-,18-16-,19-17-,23-22-,26-25-,30-29-,31-28-,37-34-,38-35-. The second-order valence-electron chi connectivity index (χ2n) is 13.5. The van der Waals surface area contributed by atoms with Crippen LogP contribution in [0.1, 0.15) is 156 Å². The van der Waals surface area contributed by atoms with E-state index in [0.29, 0.717) is 19.3 Å². The molecule has 0 aliphatic heterocycles. The lowest BCUT2D eigenvalue weighted by atomic mass is 10.1. The molecule has 312 valence electrons. The molecule has 0 N–H and O–H groups in total. The number of hydrogen-bond acceptors (Lipinski definition) is 6. The molecule has 1 atom stereocenters. The van der Waals surface area contributed by atoms with Crippen LogP contribution in [0.4, 0.5) is 0 Å². The number of unbranched alkanes of at least 4 members (excludes halogenated alkanes) is 5. The first-order chi connectivity index (χ1) is 27.5. The predicted octanol–water partition coefficient (Wildman–Crippen LogP) is 13.8. The molecule has 0 bridgehead atoms. The van der Waals surface area contributed by atoms with Gasteiger partial charge in [0.1, 0.15) is 13.2 Å². The third-order valence-corrected chi connectivity index (χ3v) is 8.24. The maximum atomic E-state index is 12.6. The minimum Gasteiger partial charge on any atom is -0.462 e. The second-order valence-corrected chi connectivity index (χ2v) is 13.5. The molecule has 0 fully saturated rings. The van der Waals surface area contributed by atoms with Gasteiger partial charge in [-0.2, -0.15) is 0 Å². The molecule has 56 heavy (non-hydrogen) atoms. The summed E-state index contributed by atoms with van der Waals surface area (Å²) in [6.07, 6.45) is 59.4. The van der Waals surface area contributed by atoms with Gasteiger partial charge in [-0.3, -0.25) is 14.4 Å². The number of carbonyl (C=O) groups excluding carboxylic acids is 3. The molecule has 1 unspecified atom stereocenters. The molecular formula is C50H76O6. The van der Waals surface area contributed by atoms with Gasteiger partial charge < -0.3 is 14.2 Å². The van der Waals surface area contributed by atoms with Crippen LogP contribution in [-0.2, 0) is 28.6 Å². The molecule has 0 aliphatic rings. The molecule has 0 aromatic heterocycles. The first kappa shape index (κ1) is 51.8. The van der Waals surface area contributed by atoms with E-state index in [-0.39, 0.29) is 38.0 Å². The first-order valence-electron chi connectivity index (χ1n) is 21.5. The van der Waals surface area contributed by atoms with Gasteiger partial charge in [-0.05, 0) is 83.5 Å². The Labute approximate surface area is 342 Å². The molecule has 0 aromatic rings. The van der Waals surface area contributed by atoms with Crippen LogP contribution < -0.4 is 0 Å². The van der Waals surface area contributed by atoms with Crippen LogP contribution in [0.25, 0.3) is 0 Å². The summed E-state index contributed by atoms with van der Waals surface area (Å²) in [5.41, 5.74) is 0. The summed E-state index contributed by atoms with van der Waals surface area (Å²) in [6, 6.07) is 0. The fourth-order valence-electron chi connectivity index (χ4n) is 5.07. The zero-order chi connectivity index (χ0) is 40.8. The average molecular weight is 773 g/mol. The van der Waals surface area contributed by atoms with Gasteiger partial charge in [-0.1, -0.05) is 174 Å². The highest BCUT2D eigenvalue weighted by Gasteiger charge is 2.19. The highest BCUT2D eigenvalue weighted by molar-refractivity contribution is 5.71. The Hall–Kier alpha value is -4.19. The Bertz CT molecular complexity index is 1260. The predicted molar refractivity (Wildman–Crippen MR) is 237 cm³/mol. The molecule has 0 rings (SSSR count). The molecule has 0 saturated heterocycles. The molecule has 0 amide bonds. The maximum Gasteiger partial charge on any atom is 0.306 e. The molecule has 0 aromatic carbocycles. The van der Waals surface area contributed by atoms with Crippen molar-refractivity contribution >= 4 is 17.9 Å². The number of ether oxygens (including phenoxy) is 3. The van der Waals surface area contributed by atoms with E-state index in [1.807, 2.05) is 24.3 Å². The van der Waals surface area contributed by atoms with Crippen molar-refractivity contribution in [1.82, 2.24) is 0 Å². The van der Waals surface area contributed by atoms with Crippen molar-refractivity contribution in [2.24, 2.45) is 0 Å². The van der Waals surface area contributed by atoms with Crippen LogP contribution in [0, 0.1) is 0 Å². The van der Waals surface area contributed by atoms with Gasteiger partial charge in [0, 0.05) is 19.3 Å². The zero-order valence-electron chi connectivity index (χ0n) is 35.3. The normalized spacial score (nSPS) is 13.3. The minimum absolute atomic E-state index is 0.134. The van der Waals surface area contributed by atoms with Crippen molar-refractivity contribution in [3.8, 4) is 0 Å². The van der Waals surface area contributed by atoms with Crippen molar-refractivity contribution in [2.45, 2.75) is 162 Å². The first-order valence-corrected chi connectivity index (χ1v) is 21.5. The van der Waals surface area contributed by atoms with Gasteiger partial charge in [0.2, 0.25) is 0 Å². The Kier molecular flexibility index (Phi) is 40.3. The number of carbonyl (C=O) groups is 3. The van der Waals surface area contributed by atoms with Crippen molar-refractivity contribution in [3.63, 3.8) is 0 Å². The van der Waals surface area contributed by atoms with E-state index in [2.05, 4.69) is 118 Å². The molecule has 6 heteroatoms. The van der Waals surface area contributed by atoms with Crippen LogP contribution >= 0.6 is 0 Å². The maximum absolute atomic E-state index is 12.6. The van der Waals surface area contributed by atoms with Gasteiger partial charge in [-0.25, -0.2) is 0 Å². The fraction of sp³-hybridized carbons (Fsp3) is 0.540. The largest absolute Gasteiger partial charge is 0.462 e. The van der Waals surface area contributed by atoms with Gasteiger partial charge >= 0.3 is 17.9 Å². The van der Waals surface area contributed by atoms with E-state index in [1.165, 1.54) is 19.3 Å². The highest BCUT2D eigenvalue weighted by atomic mass is 16.6. The molecule has 0 heterocycles. The smallest absolute Gasteiger partial charge is 0.306 e. The summed E-state index contributed by atoms with van der Waals surface area (Å²) in [5, 5.41) is 0. The monoisotopic (exact) mass is 773 g/mol. The quantitative estimate of drug-likeness (QED) is 0.0273. The lowest BCUT2D eigenvalue weighted by molar-refractivity contribution is -0.166. The van der Waals surface area contributed by atoms with E-state index >= 15 is 0 Å². The fourth-order valence-corrected chi connectivity index (χ4v) is 5.07. The lowest BCUT2D eigenvalue weighted by Gasteiger charge is -2.18. The van der Waals surface area contributed by atoms with Crippen LogP contribution in [0.5, 0.6) is 0 Å². The van der Waals surface area contributed by atoms with Crippen molar-refractivity contribution < 1.29 is 28.6 Å². The van der Waals surface area contributed by atoms with E-state index in [9.17, 15) is 14.4 Å². The number of allylic oxidation sites excluding steroid dienone is 20. The molecule has 0 radical (unpaired) electrons. The summed E-state index contributed by atoms with van der Waals surface area (Å²) in [4.78, 5) is 37.4. The van der Waals surface area contributed by atoms with Crippen LogP contribution in [-0.4, -0.2) is 37.2 Å². The Morgan fingerprint density at radius 3 is 1.09 bits per heavy atom. The minimum atomic E-state index is -0.844. The number of rotatable bonds is 36. The van der Waals surface area contributed by atoms with E-state index in [4.69, 9.17) is 14.2 Å². The van der Waals surface area contributed by atoms with E-state index < -0.39 is 12.1 Å². The third-order valence-electron chi connectivity index (χ3n) is 8.24. The highest BCUT2D eigenvalue weighted by Crippen LogP contribution is 2.09. The van der Waals surface area contributed by atoms with Gasteiger partial charge in [0.15, 0.2) is 6.10 Å². The van der Waals surface area contributed by atoms with Crippen molar-refractivity contribution in [1.29, 1.82) is 0 Å². The number of hydrogen-bond donors (Lipinski definition) is 0. The SMILES string of the molecule is CC/C=C\C/C=C\C/C=C\C/C=C\C/C=C\C/C=C\CCC(=O)OCC(COC(=O)CCCCCCCC)OC(=O)CC/C=C\C/C=C\C/C=C\C/C=C\CC. The van der Waals surface area contributed by atoms with Crippen LogP contribution in [0.3, 0.4) is 0 Å². The Morgan fingerprint density at radius 1 is 0.375 bits per heavy atom. The molecule has 0 aliphatic carbocycles. The molecule has 0 spiro atoms. The van der Waals surface area contributed by atoms with Gasteiger partial charge in [-0.15, -0.1) is 0 Å². The third kappa shape index (κ3) is 41.0. The summed E-state index contributed by atoms with van der Waals surface area (Å²) in [5.74, 6) is -1.13. The van der Waals surface area contributed by atoms with Crippen LogP contribution in [0.2, 0.25) is 0 Å². The zero-order valence-corrected chi connectivity index (χ0v) is 35.3. The Morgan fingerprint density at radius 2 is 0.696 bits per heavy atom. The van der Waals surface area contributed by atoms with E-state index in [1.54, 1.807) is 0 Å².